The Morgan fingerprint density at radius 1 is 1.28 bits per heavy atom. The van der Waals surface area contributed by atoms with Crippen molar-refractivity contribution in [3.05, 3.63) is 64.6 Å². The first-order chi connectivity index (χ1) is 8.74. The minimum atomic E-state index is -0.156. The molecule has 0 saturated carbocycles. The number of Topliss-reactive ketones (excluding diaryl/α,β-unsaturated/α-hetero) is 1. The highest BCUT2D eigenvalue weighted by Gasteiger charge is 2.27. The number of nitrogens with zero attached hydrogens (tertiary/aromatic N) is 1. The van der Waals surface area contributed by atoms with Gasteiger partial charge in [0.25, 0.3) is 0 Å². The third kappa shape index (κ3) is 1.89. The van der Waals surface area contributed by atoms with Crippen molar-refractivity contribution in [1.29, 1.82) is 0 Å². The SMILES string of the molecule is O=C1/C(=C\c2cccnc2)Oc2ccc(Cl)cc21. The van der Waals surface area contributed by atoms with Crippen LogP contribution in [0.2, 0.25) is 5.02 Å². The first-order valence-electron chi connectivity index (χ1n) is 5.38. The Balaban J connectivity index is 2.00. The summed E-state index contributed by atoms with van der Waals surface area (Å²) in [5.74, 6) is 0.677. The molecule has 0 radical (unpaired) electrons. The number of benzene rings is 1. The molecule has 4 heteroatoms. The average Bonchev–Trinajstić information content (AvgIpc) is 2.68. The van der Waals surface area contributed by atoms with Gasteiger partial charge in [-0.3, -0.25) is 9.78 Å². The standard InChI is InChI=1S/C14H8ClNO2/c15-10-3-4-12-11(7-10)14(17)13(18-12)6-9-2-1-5-16-8-9/h1-8H/b13-6+. The van der Waals surface area contributed by atoms with Gasteiger partial charge < -0.3 is 4.74 Å². The number of carbonyl (C=O) groups excluding carboxylic acids is 1. The number of ketones is 1. The maximum Gasteiger partial charge on any atom is 0.232 e. The molecule has 1 aromatic heterocycles. The van der Waals surface area contributed by atoms with Crippen LogP contribution in [0, 0.1) is 0 Å². The molecule has 0 fully saturated rings. The van der Waals surface area contributed by atoms with Gasteiger partial charge in [-0.15, -0.1) is 0 Å². The third-order valence-corrected chi connectivity index (χ3v) is 2.85. The van der Waals surface area contributed by atoms with E-state index in [9.17, 15) is 4.79 Å². The summed E-state index contributed by atoms with van der Waals surface area (Å²) in [6, 6.07) is 8.66. The number of rotatable bonds is 1. The molecule has 3 rings (SSSR count). The van der Waals surface area contributed by atoms with Crippen molar-refractivity contribution in [2.75, 3.05) is 0 Å². The Morgan fingerprint density at radius 2 is 2.17 bits per heavy atom. The quantitative estimate of drug-likeness (QED) is 0.736. The maximum absolute atomic E-state index is 12.1. The van der Waals surface area contributed by atoms with Crippen molar-refractivity contribution in [3.63, 3.8) is 0 Å². The van der Waals surface area contributed by atoms with Gasteiger partial charge in [-0.1, -0.05) is 17.7 Å². The molecule has 1 aliphatic heterocycles. The van der Waals surface area contributed by atoms with E-state index in [0.29, 0.717) is 22.1 Å². The van der Waals surface area contributed by atoms with Gasteiger partial charge in [0.15, 0.2) is 5.76 Å². The van der Waals surface area contributed by atoms with Crippen LogP contribution in [-0.4, -0.2) is 10.8 Å². The molecule has 0 saturated heterocycles. The number of pyridine rings is 1. The number of carbonyl (C=O) groups is 1. The van der Waals surface area contributed by atoms with Crippen molar-refractivity contribution < 1.29 is 9.53 Å². The van der Waals surface area contributed by atoms with Crippen molar-refractivity contribution in [3.8, 4) is 5.75 Å². The number of allylic oxidation sites excluding steroid dienone is 1. The Kier molecular flexibility index (Phi) is 2.61. The molecule has 88 valence electrons. The molecule has 0 unspecified atom stereocenters. The highest BCUT2D eigenvalue weighted by atomic mass is 35.5. The van der Waals surface area contributed by atoms with Gasteiger partial charge in [-0.2, -0.15) is 0 Å². The molecule has 0 bridgehead atoms. The zero-order valence-electron chi connectivity index (χ0n) is 9.26. The van der Waals surface area contributed by atoms with Crippen LogP contribution in [0.25, 0.3) is 6.08 Å². The Hall–Kier alpha value is -2.13. The van der Waals surface area contributed by atoms with E-state index in [1.807, 2.05) is 6.07 Å². The van der Waals surface area contributed by atoms with E-state index in [4.69, 9.17) is 16.3 Å². The summed E-state index contributed by atoms with van der Waals surface area (Å²) in [5, 5.41) is 0.522. The number of ether oxygens (including phenoxy) is 1. The number of fused-ring (bicyclic) bond motifs is 1. The molecule has 2 aromatic rings. The first kappa shape index (κ1) is 11.0. The monoisotopic (exact) mass is 257 g/mol. The van der Waals surface area contributed by atoms with Crippen molar-refractivity contribution >= 4 is 23.5 Å². The van der Waals surface area contributed by atoms with Crippen LogP contribution in [0.1, 0.15) is 15.9 Å². The van der Waals surface area contributed by atoms with Crippen LogP contribution in [-0.2, 0) is 0 Å². The van der Waals surface area contributed by atoms with E-state index in [2.05, 4.69) is 4.98 Å². The van der Waals surface area contributed by atoms with Gasteiger partial charge >= 0.3 is 0 Å². The van der Waals surface area contributed by atoms with Gasteiger partial charge in [0.05, 0.1) is 5.56 Å². The van der Waals surface area contributed by atoms with Gasteiger partial charge in [-0.25, -0.2) is 0 Å². The number of halogens is 1. The zero-order valence-corrected chi connectivity index (χ0v) is 10.0. The molecule has 0 N–H and O–H groups in total. The second kappa shape index (κ2) is 4.27. The lowest BCUT2D eigenvalue weighted by atomic mass is 10.1. The lowest BCUT2D eigenvalue weighted by Gasteiger charge is -1.97. The van der Waals surface area contributed by atoms with E-state index in [1.54, 1.807) is 42.7 Å². The van der Waals surface area contributed by atoms with E-state index in [1.165, 1.54) is 0 Å². The van der Waals surface area contributed by atoms with E-state index in [-0.39, 0.29) is 5.78 Å². The lowest BCUT2D eigenvalue weighted by Crippen LogP contribution is -1.98. The average molecular weight is 258 g/mol. The van der Waals surface area contributed by atoms with Gasteiger partial charge in [0.2, 0.25) is 5.78 Å². The summed E-state index contributed by atoms with van der Waals surface area (Å²) in [6.45, 7) is 0. The Bertz CT molecular complexity index is 650. The molecule has 0 amide bonds. The third-order valence-electron chi connectivity index (χ3n) is 2.61. The molecular weight excluding hydrogens is 250 g/mol. The molecule has 1 aromatic carbocycles. The molecule has 2 heterocycles. The van der Waals surface area contributed by atoms with Crippen LogP contribution in [0.4, 0.5) is 0 Å². The second-order valence-electron chi connectivity index (χ2n) is 3.87. The number of hydrogen-bond donors (Lipinski definition) is 0. The topological polar surface area (TPSA) is 39.2 Å². The predicted octanol–water partition coefficient (Wildman–Crippen LogP) is 3.35. The van der Waals surface area contributed by atoms with Crippen LogP contribution in [0.15, 0.2) is 48.5 Å². The van der Waals surface area contributed by atoms with E-state index < -0.39 is 0 Å². The lowest BCUT2D eigenvalue weighted by molar-refractivity contribution is 0.101. The van der Waals surface area contributed by atoms with Gasteiger partial charge in [-0.05, 0) is 35.9 Å². The number of aromatic nitrogens is 1. The van der Waals surface area contributed by atoms with Crippen LogP contribution in [0.3, 0.4) is 0 Å². The summed E-state index contributed by atoms with van der Waals surface area (Å²) in [4.78, 5) is 16.1. The molecule has 1 aliphatic rings. The summed E-state index contributed by atoms with van der Waals surface area (Å²) >= 11 is 5.86. The van der Waals surface area contributed by atoms with Crippen molar-refractivity contribution in [1.82, 2.24) is 4.98 Å². The first-order valence-corrected chi connectivity index (χ1v) is 5.76. The minimum absolute atomic E-state index is 0.156. The molecule has 0 aliphatic carbocycles. The fourth-order valence-electron chi connectivity index (χ4n) is 1.77. The van der Waals surface area contributed by atoms with E-state index in [0.717, 1.165) is 5.56 Å². The van der Waals surface area contributed by atoms with Crippen LogP contribution < -0.4 is 4.74 Å². The molecule has 18 heavy (non-hydrogen) atoms. The fourth-order valence-corrected chi connectivity index (χ4v) is 1.95. The van der Waals surface area contributed by atoms with Crippen molar-refractivity contribution in [2.45, 2.75) is 0 Å². The van der Waals surface area contributed by atoms with Crippen molar-refractivity contribution in [2.24, 2.45) is 0 Å². The smallest absolute Gasteiger partial charge is 0.232 e. The number of hydrogen-bond acceptors (Lipinski definition) is 3. The zero-order chi connectivity index (χ0) is 12.5. The van der Waals surface area contributed by atoms with Gasteiger partial charge in [0, 0.05) is 17.4 Å². The van der Waals surface area contributed by atoms with Crippen LogP contribution in [0.5, 0.6) is 5.75 Å². The molecule has 0 atom stereocenters. The maximum atomic E-state index is 12.1. The highest BCUT2D eigenvalue weighted by molar-refractivity contribution is 6.31. The summed E-state index contributed by atoms with van der Waals surface area (Å²) < 4.78 is 5.50. The predicted molar refractivity (Wildman–Crippen MR) is 68.6 cm³/mol. The fraction of sp³-hybridized carbons (Fsp3) is 0. The van der Waals surface area contributed by atoms with Gasteiger partial charge in [0.1, 0.15) is 5.75 Å². The summed E-state index contributed by atoms with van der Waals surface area (Å²) in [5.41, 5.74) is 1.32. The molecule has 0 spiro atoms. The Labute approximate surface area is 109 Å². The molecular formula is C14H8ClNO2. The largest absolute Gasteiger partial charge is 0.452 e. The van der Waals surface area contributed by atoms with Crippen LogP contribution >= 0.6 is 11.6 Å². The summed E-state index contributed by atoms with van der Waals surface area (Å²) in [7, 11) is 0. The molecule has 3 nitrogen and oxygen atoms in total. The summed E-state index contributed by atoms with van der Waals surface area (Å²) in [6.07, 6.45) is 5.01. The normalized spacial score (nSPS) is 15.6. The minimum Gasteiger partial charge on any atom is -0.452 e. The second-order valence-corrected chi connectivity index (χ2v) is 4.30. The van der Waals surface area contributed by atoms with E-state index >= 15 is 0 Å². The highest BCUT2D eigenvalue weighted by Crippen LogP contribution is 2.33. The Morgan fingerprint density at radius 3 is 2.94 bits per heavy atom.